The first-order chi connectivity index (χ1) is 2.50. The van der Waals surface area contributed by atoms with Crippen LogP contribution in [-0.2, 0) is 0 Å². The van der Waals surface area contributed by atoms with Gasteiger partial charge >= 0.3 is 0 Å². The van der Waals surface area contributed by atoms with Crippen molar-refractivity contribution in [3.05, 3.63) is 0 Å². The highest BCUT2D eigenvalue weighted by Gasteiger charge is 1.92. The van der Waals surface area contributed by atoms with Gasteiger partial charge in [-0.25, -0.2) is 0 Å². The second-order valence-electron chi connectivity index (χ2n) is 0.791. The van der Waals surface area contributed by atoms with Gasteiger partial charge in [0.15, 0.2) is 0 Å². The van der Waals surface area contributed by atoms with Crippen LogP contribution in [0.1, 0.15) is 0 Å². The number of hydrazine groups is 1. The Hall–Kier alpha value is -0.570. The fourth-order valence-corrected chi connectivity index (χ4v) is 0.228. The molecule has 1 heterocycles. The summed E-state index contributed by atoms with van der Waals surface area (Å²) in [6.45, 7) is 0.708. The molecular formula is C2H5N3+. The van der Waals surface area contributed by atoms with Gasteiger partial charge in [0.25, 0.3) is 6.34 Å². The molecule has 27 valence electrons. The van der Waals surface area contributed by atoms with Crippen LogP contribution in [0.3, 0.4) is 0 Å². The molecule has 0 aliphatic carbocycles. The van der Waals surface area contributed by atoms with E-state index in [1.165, 1.54) is 0 Å². The molecule has 0 aromatic carbocycles. The van der Waals surface area contributed by atoms with Crippen LogP contribution in [0.15, 0.2) is 0 Å². The van der Waals surface area contributed by atoms with E-state index in [0.717, 1.165) is 0 Å². The fraction of sp³-hybridized carbons (Fsp3) is 0.500. The summed E-state index contributed by atoms with van der Waals surface area (Å²) in [5, 5.41) is 0. The zero-order valence-corrected chi connectivity index (χ0v) is 2.73. The Balaban J connectivity index is 2.32. The summed E-state index contributed by atoms with van der Waals surface area (Å²) >= 11 is 0. The molecule has 1 aliphatic rings. The van der Waals surface area contributed by atoms with E-state index in [0.29, 0.717) is 6.67 Å². The predicted molar refractivity (Wildman–Crippen MR) is 19.3 cm³/mol. The largest absolute Gasteiger partial charge is 0.293 e. The van der Waals surface area contributed by atoms with Crippen LogP contribution in [-0.4, -0.2) is 13.0 Å². The molecule has 1 rings (SSSR count). The highest BCUT2D eigenvalue weighted by atomic mass is 15.4. The minimum atomic E-state index is 0.708. The topological polar surface area (TPSA) is 38.2 Å². The molecule has 1 radical (unpaired) electrons. The molecule has 0 spiro atoms. The molecule has 0 bridgehead atoms. The number of nitrogens with one attached hydrogen (secondary N) is 2. The first-order valence-corrected chi connectivity index (χ1v) is 1.47. The van der Waals surface area contributed by atoms with Crippen molar-refractivity contribution in [1.29, 1.82) is 0 Å². The molecule has 0 unspecified atom stereocenters. The van der Waals surface area contributed by atoms with Crippen molar-refractivity contribution in [1.82, 2.24) is 15.8 Å². The lowest BCUT2D eigenvalue weighted by Crippen LogP contribution is -2.22. The minimum Gasteiger partial charge on any atom is -0.196 e. The Morgan fingerprint density at radius 2 is 2.80 bits per heavy atom. The lowest BCUT2D eigenvalue weighted by molar-refractivity contribution is 0.711. The van der Waals surface area contributed by atoms with Gasteiger partial charge in [-0.15, -0.1) is 5.43 Å². The number of hydrogen-bond acceptors (Lipinski definition) is 3. The molecule has 0 aromatic heterocycles. The van der Waals surface area contributed by atoms with Gasteiger partial charge in [-0.3, -0.25) is 0 Å². The molecule has 1 aliphatic heterocycles. The second kappa shape index (κ2) is 1.03. The molecule has 3 heteroatoms. The first kappa shape index (κ1) is 2.66. The summed E-state index contributed by atoms with van der Waals surface area (Å²) < 4.78 is 0. The Morgan fingerprint density at radius 3 is 3.00 bits per heavy atom. The van der Waals surface area contributed by atoms with E-state index >= 15 is 0 Å². The molecule has 0 aromatic rings. The Morgan fingerprint density at radius 1 is 1.80 bits per heavy atom. The molecule has 5 heavy (non-hydrogen) atoms. The maximum Gasteiger partial charge on any atom is 0.293 e. The van der Waals surface area contributed by atoms with E-state index in [-0.39, 0.29) is 0 Å². The highest BCUT2D eigenvalue weighted by Crippen LogP contribution is 1.43. The van der Waals surface area contributed by atoms with Crippen LogP contribution >= 0.6 is 0 Å². The Bertz CT molecular complexity index is 42.9. The van der Waals surface area contributed by atoms with Crippen molar-refractivity contribution in [3.8, 4) is 0 Å². The predicted octanol–water partition coefficient (Wildman–Crippen LogP) is -1.58. The third-order valence-electron chi connectivity index (χ3n) is 0.428. The zero-order chi connectivity index (χ0) is 3.54. The van der Waals surface area contributed by atoms with Crippen LogP contribution in [0.2, 0.25) is 0 Å². The summed E-state index contributed by atoms with van der Waals surface area (Å²) in [6, 6.07) is 0. The van der Waals surface area contributed by atoms with Gasteiger partial charge in [0.05, 0.1) is 0 Å². The molecule has 2 N–H and O–H groups in total. The third kappa shape index (κ3) is 0.357. The number of aliphatic imine (C=N–C) groups is 1. The second-order valence-corrected chi connectivity index (χ2v) is 0.791. The summed E-state index contributed by atoms with van der Waals surface area (Å²) in [6.07, 6.45) is 1.62. The van der Waals surface area contributed by atoms with Crippen molar-refractivity contribution in [3.63, 3.8) is 0 Å². The Labute approximate surface area is 30.1 Å². The molecule has 3 nitrogen and oxygen atoms in total. The van der Waals surface area contributed by atoms with Crippen LogP contribution in [0.5, 0.6) is 0 Å². The van der Waals surface area contributed by atoms with Crippen molar-refractivity contribution in [2.45, 2.75) is 0 Å². The van der Waals surface area contributed by atoms with Gasteiger partial charge in [0.2, 0.25) is 6.67 Å². The fourth-order valence-electron chi connectivity index (χ4n) is 0.228. The SMILES string of the molecule is C1=[N+]CNN1. The zero-order valence-electron chi connectivity index (χ0n) is 2.73. The van der Waals surface area contributed by atoms with Gasteiger partial charge in [0.1, 0.15) is 0 Å². The Kier molecular flexibility index (Phi) is 0.548. The van der Waals surface area contributed by atoms with Crippen molar-refractivity contribution in [2.24, 2.45) is 0 Å². The van der Waals surface area contributed by atoms with Gasteiger partial charge in [-0.2, -0.15) is 5.43 Å². The van der Waals surface area contributed by atoms with Gasteiger partial charge in [-0.1, -0.05) is 4.99 Å². The third-order valence-corrected chi connectivity index (χ3v) is 0.428. The van der Waals surface area contributed by atoms with E-state index in [1.807, 2.05) is 0 Å². The van der Waals surface area contributed by atoms with Crippen LogP contribution in [0.25, 0.3) is 0 Å². The van der Waals surface area contributed by atoms with Gasteiger partial charge < -0.3 is 0 Å². The lowest BCUT2D eigenvalue weighted by atomic mass is 11.2. The molecule has 0 fully saturated rings. The van der Waals surface area contributed by atoms with Crippen LogP contribution in [0.4, 0.5) is 0 Å². The molecule has 0 saturated heterocycles. The number of rotatable bonds is 0. The molecule has 0 amide bonds. The van der Waals surface area contributed by atoms with Crippen molar-refractivity contribution < 1.29 is 0 Å². The van der Waals surface area contributed by atoms with E-state index in [4.69, 9.17) is 0 Å². The van der Waals surface area contributed by atoms with E-state index < -0.39 is 0 Å². The van der Waals surface area contributed by atoms with E-state index in [2.05, 4.69) is 15.8 Å². The van der Waals surface area contributed by atoms with E-state index in [1.54, 1.807) is 6.34 Å². The maximum absolute atomic E-state index is 3.74. The lowest BCUT2D eigenvalue weighted by Gasteiger charge is -1.69. The summed E-state index contributed by atoms with van der Waals surface area (Å²) in [5.41, 5.74) is 5.43. The quantitative estimate of drug-likeness (QED) is 0.361. The smallest absolute Gasteiger partial charge is 0.196 e. The number of nitrogens with zero attached hydrogens (tertiary/aromatic N) is 1. The minimum absolute atomic E-state index is 0.708. The van der Waals surface area contributed by atoms with Crippen LogP contribution in [0, 0.1) is 0 Å². The standard InChI is InChI=1S/C2H5N3/c1-3-2-5-4-1/h1,4-5H,2H2/q+1. The average Bonchev–Trinajstić information content (AvgIpc) is 1.76. The van der Waals surface area contributed by atoms with E-state index in [9.17, 15) is 0 Å². The first-order valence-electron chi connectivity index (χ1n) is 1.47. The summed E-state index contributed by atoms with van der Waals surface area (Å²) in [4.78, 5) is 3.74. The van der Waals surface area contributed by atoms with Crippen molar-refractivity contribution >= 4 is 6.34 Å². The summed E-state index contributed by atoms with van der Waals surface area (Å²) in [5.74, 6) is 0. The average molecular weight is 71.1 g/mol. The van der Waals surface area contributed by atoms with Crippen LogP contribution < -0.4 is 15.8 Å². The summed E-state index contributed by atoms with van der Waals surface area (Å²) in [7, 11) is 0. The van der Waals surface area contributed by atoms with Gasteiger partial charge in [0, 0.05) is 0 Å². The highest BCUT2D eigenvalue weighted by molar-refractivity contribution is 5.53. The molecule has 0 atom stereocenters. The monoisotopic (exact) mass is 71.0 g/mol. The normalized spacial score (nSPS) is 19.2. The van der Waals surface area contributed by atoms with Gasteiger partial charge in [-0.05, 0) is 0 Å². The molecule has 0 saturated carbocycles. The molecular weight excluding hydrogens is 66.0 g/mol. The maximum atomic E-state index is 3.74. The number of hydrogen-bond donors (Lipinski definition) is 2. The van der Waals surface area contributed by atoms with Crippen molar-refractivity contribution in [2.75, 3.05) is 6.67 Å².